The first-order valence-electron chi connectivity index (χ1n) is 6.10. The summed E-state index contributed by atoms with van der Waals surface area (Å²) in [6, 6.07) is 4.41. The van der Waals surface area contributed by atoms with Gasteiger partial charge in [0.15, 0.2) is 0 Å². The summed E-state index contributed by atoms with van der Waals surface area (Å²) in [6.45, 7) is 8.99. The topological polar surface area (TPSA) is 12.0 Å². The Hall–Kier alpha value is 0.140. The molecule has 16 heavy (non-hydrogen) atoms. The highest BCUT2D eigenvalue weighted by Gasteiger charge is 2.26. The number of hydrogen-bond acceptors (Lipinski definition) is 2. The Bertz CT molecular complexity index is 305. The fourth-order valence-corrected chi connectivity index (χ4v) is 3.68. The lowest BCUT2D eigenvalue weighted by Crippen LogP contribution is -2.35. The summed E-state index contributed by atoms with van der Waals surface area (Å²) in [5.74, 6) is 0. The van der Waals surface area contributed by atoms with Crippen LogP contribution in [-0.2, 0) is 6.42 Å². The molecular weight excluding hydrogens is 282 g/mol. The van der Waals surface area contributed by atoms with Crippen molar-refractivity contribution in [3.63, 3.8) is 0 Å². The lowest BCUT2D eigenvalue weighted by Gasteiger charge is -2.31. The van der Waals surface area contributed by atoms with Gasteiger partial charge in [-0.1, -0.05) is 20.8 Å². The monoisotopic (exact) mass is 303 g/mol. The molecule has 1 rings (SSSR count). The van der Waals surface area contributed by atoms with Gasteiger partial charge >= 0.3 is 0 Å². The summed E-state index contributed by atoms with van der Waals surface area (Å²) in [5.41, 5.74) is 0.431. The maximum absolute atomic E-state index is 3.54. The largest absolute Gasteiger partial charge is 0.316 e. The molecule has 0 radical (unpaired) electrons. The molecule has 1 nitrogen and oxygen atoms in total. The van der Waals surface area contributed by atoms with E-state index in [9.17, 15) is 0 Å². The molecule has 0 atom stereocenters. The first-order valence-corrected chi connectivity index (χ1v) is 7.71. The Balaban J connectivity index is 2.69. The second-order valence-corrected chi connectivity index (χ2v) is 6.92. The van der Waals surface area contributed by atoms with Crippen LogP contribution in [0.1, 0.15) is 38.5 Å². The maximum Gasteiger partial charge on any atom is 0.0701 e. The third kappa shape index (κ3) is 3.86. The molecule has 1 aromatic heterocycles. The van der Waals surface area contributed by atoms with Gasteiger partial charge in [0, 0.05) is 11.4 Å². The van der Waals surface area contributed by atoms with Crippen molar-refractivity contribution in [1.82, 2.24) is 5.32 Å². The van der Waals surface area contributed by atoms with Crippen molar-refractivity contribution in [1.29, 1.82) is 0 Å². The third-order valence-electron chi connectivity index (χ3n) is 3.43. The lowest BCUT2D eigenvalue weighted by molar-refractivity contribution is 0.250. The number of nitrogens with one attached hydrogen (secondary N) is 1. The third-order valence-corrected chi connectivity index (χ3v) is 5.05. The first kappa shape index (κ1) is 14.2. The molecule has 0 aromatic carbocycles. The molecule has 0 bridgehead atoms. The molecule has 0 aliphatic rings. The normalized spacial score (nSPS) is 12.0. The van der Waals surface area contributed by atoms with Crippen LogP contribution in [0.25, 0.3) is 0 Å². The predicted molar refractivity (Wildman–Crippen MR) is 77.3 cm³/mol. The summed E-state index contributed by atoms with van der Waals surface area (Å²) in [4.78, 5) is 1.49. The number of halogens is 1. The fourth-order valence-electron chi connectivity index (χ4n) is 2.02. The van der Waals surface area contributed by atoms with Crippen molar-refractivity contribution >= 4 is 27.3 Å². The Kier molecular flexibility index (Phi) is 6.01. The molecule has 0 saturated carbocycles. The molecule has 3 heteroatoms. The highest BCUT2D eigenvalue weighted by molar-refractivity contribution is 9.11. The second-order valence-electron chi connectivity index (χ2n) is 4.37. The van der Waals surface area contributed by atoms with Crippen molar-refractivity contribution < 1.29 is 0 Å². The standard InChI is InChI=1S/C13H22BrNS/c1-4-13(5-2,10-15-6-3)9-11-7-8-12(14)16-11/h7-8,15H,4-6,9-10H2,1-3H3. The zero-order chi connectivity index (χ0) is 12.0. The van der Waals surface area contributed by atoms with E-state index >= 15 is 0 Å². The van der Waals surface area contributed by atoms with Crippen LogP contribution >= 0.6 is 27.3 Å². The highest BCUT2D eigenvalue weighted by Crippen LogP contribution is 2.34. The first-order chi connectivity index (χ1) is 7.65. The van der Waals surface area contributed by atoms with Gasteiger partial charge in [0.05, 0.1) is 3.79 Å². The van der Waals surface area contributed by atoms with Crippen LogP contribution in [0.3, 0.4) is 0 Å². The van der Waals surface area contributed by atoms with Gasteiger partial charge in [-0.25, -0.2) is 0 Å². The summed E-state index contributed by atoms with van der Waals surface area (Å²) >= 11 is 5.41. The maximum atomic E-state index is 3.54. The Morgan fingerprint density at radius 1 is 1.25 bits per heavy atom. The molecule has 0 aliphatic heterocycles. The minimum Gasteiger partial charge on any atom is -0.316 e. The Morgan fingerprint density at radius 3 is 2.38 bits per heavy atom. The van der Waals surface area contributed by atoms with Crippen LogP contribution in [0.2, 0.25) is 0 Å². The predicted octanol–water partition coefficient (Wildman–Crippen LogP) is 4.47. The highest BCUT2D eigenvalue weighted by atomic mass is 79.9. The average Bonchev–Trinajstić information content (AvgIpc) is 2.70. The number of thiophene rings is 1. The molecule has 1 heterocycles. The number of hydrogen-bond donors (Lipinski definition) is 1. The molecule has 0 saturated heterocycles. The molecule has 0 aliphatic carbocycles. The van der Waals surface area contributed by atoms with Gasteiger partial charge in [0.25, 0.3) is 0 Å². The van der Waals surface area contributed by atoms with Gasteiger partial charge in [-0.05, 0) is 59.3 Å². The molecule has 1 N–H and O–H groups in total. The van der Waals surface area contributed by atoms with Crippen molar-refractivity contribution in [2.24, 2.45) is 5.41 Å². The van der Waals surface area contributed by atoms with E-state index in [2.05, 4.69) is 54.2 Å². The fraction of sp³-hybridized carbons (Fsp3) is 0.692. The summed E-state index contributed by atoms with van der Waals surface area (Å²) in [5, 5.41) is 3.51. The van der Waals surface area contributed by atoms with Gasteiger partial charge in [0.1, 0.15) is 0 Å². The summed E-state index contributed by atoms with van der Waals surface area (Å²) < 4.78 is 1.24. The van der Waals surface area contributed by atoms with Gasteiger partial charge < -0.3 is 5.32 Å². The van der Waals surface area contributed by atoms with Crippen LogP contribution in [-0.4, -0.2) is 13.1 Å². The van der Waals surface area contributed by atoms with Crippen LogP contribution in [0.15, 0.2) is 15.9 Å². The van der Waals surface area contributed by atoms with E-state index in [1.54, 1.807) is 0 Å². The minimum atomic E-state index is 0.431. The van der Waals surface area contributed by atoms with E-state index in [0.29, 0.717) is 5.41 Å². The zero-order valence-electron chi connectivity index (χ0n) is 10.5. The van der Waals surface area contributed by atoms with Crippen LogP contribution in [0.4, 0.5) is 0 Å². The second kappa shape index (κ2) is 6.77. The van der Waals surface area contributed by atoms with E-state index in [0.717, 1.165) is 13.1 Å². The van der Waals surface area contributed by atoms with Crippen molar-refractivity contribution in [3.8, 4) is 0 Å². The lowest BCUT2D eigenvalue weighted by atomic mass is 9.78. The molecule has 92 valence electrons. The average molecular weight is 304 g/mol. The van der Waals surface area contributed by atoms with E-state index < -0.39 is 0 Å². The minimum absolute atomic E-state index is 0.431. The van der Waals surface area contributed by atoms with E-state index in [1.807, 2.05) is 11.3 Å². The molecule has 0 unspecified atom stereocenters. The van der Waals surface area contributed by atoms with Gasteiger partial charge in [-0.3, -0.25) is 0 Å². The molecule has 0 spiro atoms. The molecule has 0 amide bonds. The van der Waals surface area contributed by atoms with E-state index in [-0.39, 0.29) is 0 Å². The zero-order valence-corrected chi connectivity index (χ0v) is 12.9. The Morgan fingerprint density at radius 2 is 1.94 bits per heavy atom. The van der Waals surface area contributed by atoms with Crippen molar-refractivity contribution in [2.45, 2.75) is 40.0 Å². The quantitative estimate of drug-likeness (QED) is 0.783. The SMILES string of the molecule is CCNCC(CC)(CC)Cc1ccc(Br)s1. The smallest absolute Gasteiger partial charge is 0.0701 e. The van der Waals surface area contributed by atoms with Crippen LogP contribution < -0.4 is 5.32 Å². The molecular formula is C13H22BrNS. The summed E-state index contributed by atoms with van der Waals surface area (Å²) in [7, 11) is 0. The van der Waals surface area contributed by atoms with Gasteiger partial charge in [-0.2, -0.15) is 0 Å². The van der Waals surface area contributed by atoms with E-state index in [4.69, 9.17) is 0 Å². The molecule has 1 aromatic rings. The van der Waals surface area contributed by atoms with Crippen molar-refractivity contribution in [3.05, 3.63) is 20.8 Å². The molecule has 0 fully saturated rings. The Labute approximate surface area is 112 Å². The van der Waals surface area contributed by atoms with E-state index in [1.165, 1.54) is 27.9 Å². The van der Waals surface area contributed by atoms with Crippen LogP contribution in [0.5, 0.6) is 0 Å². The van der Waals surface area contributed by atoms with Crippen molar-refractivity contribution in [2.75, 3.05) is 13.1 Å². The number of rotatable bonds is 7. The van der Waals surface area contributed by atoms with Crippen LogP contribution in [0, 0.1) is 5.41 Å². The summed E-state index contributed by atoms with van der Waals surface area (Å²) in [6.07, 6.45) is 3.68. The van der Waals surface area contributed by atoms with Gasteiger partial charge in [0.2, 0.25) is 0 Å². The van der Waals surface area contributed by atoms with Gasteiger partial charge in [-0.15, -0.1) is 11.3 Å².